The third-order valence-electron chi connectivity index (χ3n) is 2.19. The number of carboxylic acids is 1. The third kappa shape index (κ3) is 3.38. The fourth-order valence-electron chi connectivity index (χ4n) is 1.27. The lowest BCUT2D eigenvalue weighted by Crippen LogP contribution is -2.52. The first-order valence-electron chi connectivity index (χ1n) is 4.93. The molecule has 0 rings (SSSR count). The van der Waals surface area contributed by atoms with Crippen LogP contribution >= 0.6 is 0 Å². The van der Waals surface area contributed by atoms with Crippen LogP contribution in [-0.4, -0.2) is 34.0 Å². The Kier molecular flexibility index (Phi) is 4.52. The lowest BCUT2D eigenvalue weighted by Gasteiger charge is -2.33. The molecule has 4 nitrogen and oxygen atoms in total. The maximum absolute atomic E-state index is 11.7. The van der Waals surface area contributed by atoms with E-state index in [1.165, 1.54) is 24.8 Å². The number of rotatable bonds is 4. The number of likely N-dealkylation sites (N-methyl/N-ethyl adjacent to an activating group) is 1. The quantitative estimate of drug-likeness (QED) is 0.722. The zero-order valence-electron chi connectivity index (χ0n) is 10.00. The predicted molar refractivity (Wildman–Crippen MR) is 58.5 cm³/mol. The van der Waals surface area contributed by atoms with Crippen molar-refractivity contribution in [1.29, 1.82) is 0 Å². The van der Waals surface area contributed by atoms with E-state index in [1.54, 1.807) is 20.8 Å². The van der Waals surface area contributed by atoms with Crippen LogP contribution in [0.15, 0.2) is 11.6 Å². The lowest BCUT2D eigenvalue weighted by atomic mass is 10.0. The second kappa shape index (κ2) is 4.96. The molecule has 1 amide bonds. The lowest BCUT2D eigenvalue weighted by molar-refractivity contribution is -0.154. The second-order valence-electron chi connectivity index (χ2n) is 4.17. The first-order valence-corrected chi connectivity index (χ1v) is 4.93. The highest BCUT2D eigenvalue weighted by molar-refractivity contribution is 5.93. The van der Waals surface area contributed by atoms with E-state index in [2.05, 4.69) is 0 Å². The standard InChI is InChI=1S/C11H19NO3/c1-6-12(9(13)7-8(2)3)11(4,5)10(14)15/h7H,6H2,1-5H3,(H,14,15). The van der Waals surface area contributed by atoms with Gasteiger partial charge in [-0.1, -0.05) is 5.57 Å². The Bertz CT molecular complexity index is 288. The Morgan fingerprint density at radius 1 is 1.33 bits per heavy atom. The summed E-state index contributed by atoms with van der Waals surface area (Å²) in [5.41, 5.74) is -0.308. The van der Waals surface area contributed by atoms with Crippen molar-refractivity contribution in [1.82, 2.24) is 4.90 Å². The maximum atomic E-state index is 11.7. The van der Waals surface area contributed by atoms with Gasteiger partial charge in [0, 0.05) is 12.6 Å². The topological polar surface area (TPSA) is 57.6 Å². The summed E-state index contributed by atoms with van der Waals surface area (Å²) in [5.74, 6) is -1.26. The van der Waals surface area contributed by atoms with Crippen molar-refractivity contribution in [3.63, 3.8) is 0 Å². The molecule has 0 spiro atoms. The first-order chi connectivity index (χ1) is 6.73. The Morgan fingerprint density at radius 3 is 2.07 bits per heavy atom. The molecular weight excluding hydrogens is 194 g/mol. The summed E-state index contributed by atoms with van der Waals surface area (Å²) < 4.78 is 0. The molecule has 0 aliphatic carbocycles. The smallest absolute Gasteiger partial charge is 0.329 e. The first kappa shape index (κ1) is 13.7. The minimum Gasteiger partial charge on any atom is -0.480 e. The van der Waals surface area contributed by atoms with Crippen molar-refractivity contribution in [2.24, 2.45) is 0 Å². The Labute approximate surface area is 90.6 Å². The third-order valence-corrected chi connectivity index (χ3v) is 2.19. The molecule has 0 aliphatic rings. The van der Waals surface area contributed by atoms with Gasteiger partial charge in [0.05, 0.1) is 0 Å². The van der Waals surface area contributed by atoms with Crippen molar-refractivity contribution in [3.8, 4) is 0 Å². The van der Waals surface area contributed by atoms with Gasteiger partial charge in [0.2, 0.25) is 5.91 Å². The molecule has 0 radical (unpaired) electrons. The Morgan fingerprint density at radius 2 is 1.80 bits per heavy atom. The summed E-state index contributed by atoms with van der Waals surface area (Å²) in [5, 5.41) is 9.01. The van der Waals surface area contributed by atoms with E-state index >= 15 is 0 Å². The van der Waals surface area contributed by atoms with E-state index in [1.807, 2.05) is 0 Å². The number of nitrogens with zero attached hydrogens (tertiary/aromatic N) is 1. The van der Waals surface area contributed by atoms with Crippen LogP contribution in [0.2, 0.25) is 0 Å². The maximum Gasteiger partial charge on any atom is 0.329 e. The minimum atomic E-state index is -1.17. The van der Waals surface area contributed by atoms with Gasteiger partial charge in [-0.2, -0.15) is 0 Å². The van der Waals surface area contributed by atoms with Crippen LogP contribution in [0.25, 0.3) is 0 Å². The molecule has 0 saturated heterocycles. The molecule has 0 aromatic rings. The van der Waals surface area contributed by atoms with Gasteiger partial charge in [-0.3, -0.25) is 4.79 Å². The molecule has 0 fully saturated rings. The summed E-state index contributed by atoms with van der Waals surface area (Å²) in [6, 6.07) is 0. The van der Waals surface area contributed by atoms with Crippen LogP contribution in [-0.2, 0) is 9.59 Å². The van der Waals surface area contributed by atoms with Crippen molar-refractivity contribution >= 4 is 11.9 Å². The van der Waals surface area contributed by atoms with Crippen molar-refractivity contribution in [2.45, 2.75) is 40.2 Å². The van der Waals surface area contributed by atoms with Gasteiger partial charge in [0.15, 0.2) is 0 Å². The highest BCUT2D eigenvalue weighted by atomic mass is 16.4. The van der Waals surface area contributed by atoms with Gasteiger partial charge >= 0.3 is 5.97 Å². The molecule has 4 heteroatoms. The second-order valence-corrected chi connectivity index (χ2v) is 4.17. The molecule has 0 bridgehead atoms. The van der Waals surface area contributed by atoms with Gasteiger partial charge in [-0.25, -0.2) is 4.79 Å². The van der Waals surface area contributed by atoms with Gasteiger partial charge in [0.1, 0.15) is 5.54 Å². The zero-order chi connectivity index (χ0) is 12.2. The fraction of sp³-hybridized carbons (Fsp3) is 0.636. The summed E-state index contributed by atoms with van der Waals surface area (Å²) >= 11 is 0. The van der Waals surface area contributed by atoms with E-state index in [0.29, 0.717) is 6.54 Å². The largest absolute Gasteiger partial charge is 0.480 e. The number of aliphatic carboxylic acids is 1. The fourth-order valence-corrected chi connectivity index (χ4v) is 1.27. The van der Waals surface area contributed by atoms with Gasteiger partial charge in [0.25, 0.3) is 0 Å². The molecule has 0 aromatic heterocycles. The van der Waals surface area contributed by atoms with Crippen molar-refractivity contribution in [2.75, 3.05) is 6.54 Å². The summed E-state index contributed by atoms with van der Waals surface area (Å²) in [6.07, 6.45) is 1.45. The van der Waals surface area contributed by atoms with Crippen LogP contribution in [0.3, 0.4) is 0 Å². The highest BCUT2D eigenvalue weighted by Gasteiger charge is 2.35. The van der Waals surface area contributed by atoms with E-state index < -0.39 is 11.5 Å². The van der Waals surface area contributed by atoms with Crippen molar-refractivity contribution in [3.05, 3.63) is 11.6 Å². The average Bonchev–Trinajstić information content (AvgIpc) is 2.02. The molecule has 0 saturated carbocycles. The molecule has 1 N–H and O–H groups in total. The molecule has 0 aliphatic heterocycles. The number of carbonyl (C=O) groups excluding carboxylic acids is 1. The van der Waals surface area contributed by atoms with E-state index in [0.717, 1.165) is 5.57 Å². The van der Waals surface area contributed by atoms with Crippen LogP contribution in [0.1, 0.15) is 34.6 Å². The van der Waals surface area contributed by atoms with Gasteiger partial charge < -0.3 is 10.0 Å². The average molecular weight is 213 g/mol. The normalized spacial score (nSPS) is 10.7. The molecular formula is C11H19NO3. The molecule has 15 heavy (non-hydrogen) atoms. The molecule has 0 aromatic carbocycles. The van der Waals surface area contributed by atoms with Crippen LogP contribution in [0.4, 0.5) is 0 Å². The number of carboxylic acid groups (broad SMARTS) is 1. The number of hydrogen-bond donors (Lipinski definition) is 1. The van der Waals surface area contributed by atoms with E-state index in [9.17, 15) is 9.59 Å². The zero-order valence-corrected chi connectivity index (χ0v) is 10.00. The molecule has 0 unspecified atom stereocenters. The number of amides is 1. The number of carbonyl (C=O) groups is 2. The summed E-state index contributed by atoms with van der Waals surface area (Å²) in [7, 11) is 0. The molecule has 0 atom stereocenters. The molecule has 0 heterocycles. The molecule has 86 valence electrons. The van der Waals surface area contributed by atoms with Gasteiger partial charge in [-0.05, 0) is 34.6 Å². The van der Waals surface area contributed by atoms with Crippen LogP contribution < -0.4 is 0 Å². The number of allylic oxidation sites excluding steroid dienone is 1. The monoisotopic (exact) mass is 213 g/mol. The summed E-state index contributed by atoms with van der Waals surface area (Å²) in [6.45, 7) is 8.80. The predicted octanol–water partition coefficient (Wildman–Crippen LogP) is 1.66. The Hall–Kier alpha value is -1.32. The van der Waals surface area contributed by atoms with Crippen LogP contribution in [0.5, 0.6) is 0 Å². The summed E-state index contributed by atoms with van der Waals surface area (Å²) in [4.78, 5) is 24.1. The number of hydrogen-bond acceptors (Lipinski definition) is 2. The van der Waals surface area contributed by atoms with Crippen molar-refractivity contribution < 1.29 is 14.7 Å². The van der Waals surface area contributed by atoms with E-state index in [4.69, 9.17) is 5.11 Å². The SMILES string of the molecule is CCN(C(=O)C=C(C)C)C(C)(C)C(=O)O. The minimum absolute atomic E-state index is 0.259. The van der Waals surface area contributed by atoms with Crippen LogP contribution in [0, 0.1) is 0 Å². The van der Waals surface area contributed by atoms with Gasteiger partial charge in [-0.15, -0.1) is 0 Å². The Balaban J connectivity index is 5.01. The van der Waals surface area contributed by atoms with E-state index in [-0.39, 0.29) is 5.91 Å². The highest BCUT2D eigenvalue weighted by Crippen LogP contribution is 2.15.